The van der Waals surface area contributed by atoms with Crippen LogP contribution in [0.4, 0.5) is 5.82 Å². The van der Waals surface area contributed by atoms with Crippen molar-refractivity contribution in [3.63, 3.8) is 0 Å². The predicted molar refractivity (Wildman–Crippen MR) is 104 cm³/mol. The quantitative estimate of drug-likeness (QED) is 0.734. The summed E-state index contributed by atoms with van der Waals surface area (Å²) in [6.07, 6.45) is 1.50. The third kappa shape index (κ3) is 3.51. The summed E-state index contributed by atoms with van der Waals surface area (Å²) in [4.78, 5) is 25.2. The van der Waals surface area contributed by atoms with E-state index in [1.807, 2.05) is 24.6 Å². The molecule has 0 spiro atoms. The zero-order chi connectivity index (χ0) is 19.2. The molecule has 3 heterocycles. The van der Waals surface area contributed by atoms with Gasteiger partial charge in [-0.05, 0) is 44.4 Å². The van der Waals surface area contributed by atoms with Gasteiger partial charge in [0.05, 0.1) is 28.2 Å². The minimum absolute atomic E-state index is 0.0402. The zero-order valence-electron chi connectivity index (χ0n) is 15.3. The Labute approximate surface area is 161 Å². The van der Waals surface area contributed by atoms with Crippen molar-refractivity contribution in [1.29, 1.82) is 0 Å². The first-order chi connectivity index (χ1) is 12.8. The summed E-state index contributed by atoms with van der Waals surface area (Å²) < 4.78 is 7.60. The first-order valence-electron chi connectivity index (χ1n) is 9.03. The molecule has 0 aliphatic carbocycles. The second-order valence-electron chi connectivity index (χ2n) is 7.66. The first kappa shape index (κ1) is 18.2. The minimum atomic E-state index is -0.330. The number of fused-ring (bicyclic) bond motifs is 1. The average molecular weight is 389 g/mol. The van der Waals surface area contributed by atoms with E-state index in [9.17, 15) is 14.7 Å². The van der Waals surface area contributed by atoms with Crippen molar-refractivity contribution in [3.8, 4) is 5.75 Å². The van der Waals surface area contributed by atoms with Crippen LogP contribution < -0.4 is 10.9 Å². The maximum Gasteiger partial charge on any atom is 0.270 e. The van der Waals surface area contributed by atoms with Crippen LogP contribution in [0.25, 0.3) is 0 Å². The van der Waals surface area contributed by atoms with Crippen molar-refractivity contribution < 1.29 is 14.6 Å². The standard InChI is InChI=1S/C19H23N3O4S/c1-19(2)9-12(6-7-26-19)22-17-15(18(25)21-22)16(27-10-14(24)20-17)11-4-3-5-13(23)8-11/h3-5,8,12,16,23H,6-7,9-10H2,1-2H3,(H,20,24)(H,21,25)/t12-,16-/m1/s1. The van der Waals surface area contributed by atoms with Gasteiger partial charge in [0.2, 0.25) is 5.91 Å². The lowest BCUT2D eigenvalue weighted by Crippen LogP contribution is -2.36. The van der Waals surface area contributed by atoms with Crippen LogP contribution in [0.2, 0.25) is 0 Å². The molecule has 0 saturated carbocycles. The van der Waals surface area contributed by atoms with Crippen LogP contribution in [0, 0.1) is 0 Å². The first-order valence-corrected chi connectivity index (χ1v) is 10.1. The third-order valence-electron chi connectivity index (χ3n) is 5.07. The molecule has 8 heteroatoms. The second-order valence-corrected chi connectivity index (χ2v) is 8.76. The Balaban J connectivity index is 1.81. The highest BCUT2D eigenvalue weighted by atomic mass is 32.2. The molecule has 1 aromatic carbocycles. The maximum absolute atomic E-state index is 12.9. The molecule has 1 fully saturated rings. The highest BCUT2D eigenvalue weighted by Gasteiger charge is 2.36. The van der Waals surface area contributed by atoms with Crippen LogP contribution in [-0.2, 0) is 9.53 Å². The molecule has 7 nitrogen and oxygen atoms in total. The Morgan fingerprint density at radius 1 is 1.33 bits per heavy atom. The summed E-state index contributed by atoms with van der Waals surface area (Å²) in [6.45, 7) is 4.66. The van der Waals surface area contributed by atoms with Gasteiger partial charge in [0, 0.05) is 6.61 Å². The zero-order valence-corrected chi connectivity index (χ0v) is 16.1. The molecule has 3 N–H and O–H groups in total. The Morgan fingerprint density at radius 2 is 2.15 bits per heavy atom. The summed E-state index contributed by atoms with van der Waals surface area (Å²) >= 11 is 1.39. The van der Waals surface area contributed by atoms with Crippen LogP contribution in [0.5, 0.6) is 5.75 Å². The number of carbonyl (C=O) groups excluding carboxylic acids is 1. The number of hydrogen-bond acceptors (Lipinski definition) is 5. The highest BCUT2D eigenvalue weighted by molar-refractivity contribution is 8.00. The summed E-state index contributed by atoms with van der Waals surface area (Å²) in [7, 11) is 0. The molecule has 2 atom stereocenters. The van der Waals surface area contributed by atoms with Gasteiger partial charge in [-0.25, -0.2) is 0 Å². The molecule has 2 aliphatic heterocycles. The number of benzene rings is 1. The number of carbonyl (C=O) groups is 1. The fourth-order valence-corrected chi connectivity index (χ4v) is 5.00. The molecule has 2 aliphatic rings. The molecule has 1 aromatic heterocycles. The fourth-order valence-electron chi connectivity index (χ4n) is 3.89. The summed E-state index contributed by atoms with van der Waals surface area (Å²) in [5.41, 5.74) is 0.830. The van der Waals surface area contributed by atoms with Gasteiger partial charge >= 0.3 is 0 Å². The van der Waals surface area contributed by atoms with Crippen molar-refractivity contribution >= 4 is 23.5 Å². The lowest BCUT2D eigenvalue weighted by molar-refractivity contribution is -0.113. The molecule has 0 radical (unpaired) electrons. The van der Waals surface area contributed by atoms with E-state index in [4.69, 9.17) is 4.74 Å². The van der Waals surface area contributed by atoms with Crippen LogP contribution in [0.15, 0.2) is 29.1 Å². The van der Waals surface area contributed by atoms with Gasteiger partial charge in [0.1, 0.15) is 11.6 Å². The predicted octanol–water partition coefficient (Wildman–Crippen LogP) is 2.79. The van der Waals surface area contributed by atoms with E-state index in [2.05, 4.69) is 10.4 Å². The second kappa shape index (κ2) is 6.76. The fraction of sp³-hybridized carbons (Fsp3) is 0.474. The number of H-pyrrole nitrogens is 1. The molecule has 4 rings (SSSR count). The van der Waals surface area contributed by atoms with Crippen molar-refractivity contribution in [1.82, 2.24) is 9.78 Å². The SMILES string of the molecule is CC1(C)C[C@H](n2[nH]c(=O)c3c2NC(=O)CS[C@@H]3c2cccc(O)c2)CCO1. The van der Waals surface area contributed by atoms with Gasteiger partial charge in [-0.1, -0.05) is 12.1 Å². The highest BCUT2D eigenvalue weighted by Crippen LogP contribution is 2.42. The van der Waals surface area contributed by atoms with Gasteiger partial charge in [0.25, 0.3) is 5.56 Å². The number of ether oxygens (including phenoxy) is 1. The van der Waals surface area contributed by atoms with Crippen molar-refractivity contribution in [2.75, 3.05) is 17.7 Å². The number of rotatable bonds is 2. The topological polar surface area (TPSA) is 96.4 Å². The number of phenolic OH excluding ortho intramolecular Hbond substituents is 1. The number of aromatic nitrogens is 2. The summed E-state index contributed by atoms with van der Waals surface area (Å²) in [5.74, 6) is 0.780. The number of thioether (sulfide) groups is 1. The molecular weight excluding hydrogens is 366 g/mol. The number of phenols is 1. The molecule has 0 unspecified atom stereocenters. The maximum atomic E-state index is 12.9. The van der Waals surface area contributed by atoms with Crippen LogP contribution in [-0.4, -0.2) is 38.8 Å². The summed E-state index contributed by atoms with van der Waals surface area (Å²) in [5, 5.41) is 15.4. The van der Waals surface area contributed by atoms with Gasteiger partial charge in [-0.3, -0.25) is 19.4 Å². The molecular formula is C19H23N3O4S. The molecule has 0 bridgehead atoms. The molecule has 1 amide bonds. The van der Waals surface area contributed by atoms with E-state index < -0.39 is 0 Å². The van der Waals surface area contributed by atoms with Crippen molar-refractivity contribution in [2.24, 2.45) is 0 Å². The van der Waals surface area contributed by atoms with E-state index in [0.717, 1.165) is 18.4 Å². The van der Waals surface area contributed by atoms with Gasteiger partial charge in [-0.2, -0.15) is 0 Å². The molecule has 1 saturated heterocycles. The number of aromatic hydroxyl groups is 1. The van der Waals surface area contributed by atoms with E-state index in [0.29, 0.717) is 18.0 Å². The van der Waals surface area contributed by atoms with Gasteiger partial charge in [-0.15, -0.1) is 11.8 Å². The summed E-state index contributed by atoms with van der Waals surface area (Å²) in [6, 6.07) is 6.89. The van der Waals surface area contributed by atoms with E-state index in [1.165, 1.54) is 11.8 Å². The van der Waals surface area contributed by atoms with Gasteiger partial charge in [0.15, 0.2) is 0 Å². The van der Waals surface area contributed by atoms with Crippen molar-refractivity contribution in [3.05, 3.63) is 45.7 Å². The van der Waals surface area contributed by atoms with Crippen molar-refractivity contribution in [2.45, 2.75) is 43.6 Å². The monoisotopic (exact) mass is 389 g/mol. The van der Waals surface area contributed by atoms with E-state index in [-0.39, 0.29) is 39.9 Å². The Hall–Kier alpha value is -2.19. The van der Waals surface area contributed by atoms with E-state index in [1.54, 1.807) is 18.2 Å². The average Bonchev–Trinajstić information content (AvgIpc) is 2.80. The van der Waals surface area contributed by atoms with Gasteiger partial charge < -0.3 is 15.2 Å². The smallest absolute Gasteiger partial charge is 0.270 e. The normalized spacial score (nSPS) is 24.7. The number of anilines is 1. The Bertz CT molecular complexity index is 933. The number of amides is 1. The lowest BCUT2D eigenvalue weighted by Gasteiger charge is -2.36. The van der Waals surface area contributed by atoms with Crippen LogP contribution in [0.3, 0.4) is 0 Å². The molecule has 2 aromatic rings. The Kier molecular flexibility index (Phi) is 4.55. The Morgan fingerprint density at radius 3 is 2.89 bits per heavy atom. The molecule has 27 heavy (non-hydrogen) atoms. The van der Waals surface area contributed by atoms with E-state index >= 15 is 0 Å². The molecule has 144 valence electrons. The number of hydrogen-bond donors (Lipinski definition) is 3. The minimum Gasteiger partial charge on any atom is -0.508 e. The largest absolute Gasteiger partial charge is 0.508 e. The lowest BCUT2D eigenvalue weighted by atomic mass is 9.94. The number of nitrogens with one attached hydrogen (secondary N) is 2. The number of nitrogens with zero attached hydrogens (tertiary/aromatic N) is 1. The third-order valence-corrected chi connectivity index (χ3v) is 6.34. The van der Waals surface area contributed by atoms with Crippen LogP contribution in [0.1, 0.15) is 49.1 Å². The number of aromatic amines is 1. The van der Waals surface area contributed by atoms with Crippen LogP contribution >= 0.6 is 11.8 Å².